The third-order valence-electron chi connectivity index (χ3n) is 2.05. The van der Waals surface area contributed by atoms with E-state index in [9.17, 15) is 8.42 Å². The Labute approximate surface area is 101 Å². The molecule has 0 unspecified atom stereocenters. The van der Waals surface area contributed by atoms with Gasteiger partial charge in [-0.1, -0.05) is 12.1 Å². The molecule has 17 heavy (non-hydrogen) atoms. The van der Waals surface area contributed by atoms with Crippen LogP contribution in [0.2, 0.25) is 0 Å². The molecular weight excluding hydrogens is 238 g/mol. The number of hydrogen-bond donors (Lipinski definition) is 0. The fraction of sp³-hybridized carbons (Fsp3) is 0.250. The third-order valence-corrected chi connectivity index (χ3v) is 3.73. The van der Waals surface area contributed by atoms with Crippen LogP contribution in [-0.2, 0) is 14.6 Å². The first kappa shape index (κ1) is 13.4. The lowest BCUT2D eigenvalue weighted by molar-refractivity contribution is 0.179. The molecule has 90 valence electrons. The second kappa shape index (κ2) is 6.18. The summed E-state index contributed by atoms with van der Waals surface area (Å²) in [5.74, 6) is -0.101. The van der Waals surface area contributed by atoms with Crippen molar-refractivity contribution in [2.75, 3.05) is 19.0 Å². The molecule has 0 aliphatic carbocycles. The SMILES string of the molecule is C=CCOCCS(=O)(=O)c1cccc(C#N)c1. The van der Waals surface area contributed by atoms with Gasteiger partial charge in [-0.2, -0.15) is 5.26 Å². The number of rotatable bonds is 6. The molecule has 0 atom stereocenters. The Balaban J connectivity index is 2.76. The van der Waals surface area contributed by atoms with Crippen molar-refractivity contribution in [3.63, 3.8) is 0 Å². The van der Waals surface area contributed by atoms with Gasteiger partial charge < -0.3 is 4.74 Å². The molecular formula is C12H13NO3S. The van der Waals surface area contributed by atoms with E-state index in [4.69, 9.17) is 10.00 Å². The van der Waals surface area contributed by atoms with Gasteiger partial charge >= 0.3 is 0 Å². The molecule has 1 aromatic carbocycles. The first-order valence-electron chi connectivity index (χ1n) is 5.01. The number of hydrogen-bond acceptors (Lipinski definition) is 4. The molecule has 0 aliphatic heterocycles. The highest BCUT2D eigenvalue weighted by Crippen LogP contribution is 2.12. The summed E-state index contributed by atoms with van der Waals surface area (Å²) in [4.78, 5) is 0.152. The van der Waals surface area contributed by atoms with Gasteiger partial charge in [0.1, 0.15) is 0 Å². The fourth-order valence-electron chi connectivity index (χ4n) is 1.21. The van der Waals surface area contributed by atoms with Gasteiger partial charge in [0.15, 0.2) is 9.84 Å². The highest BCUT2D eigenvalue weighted by atomic mass is 32.2. The lowest BCUT2D eigenvalue weighted by Gasteiger charge is -2.04. The monoisotopic (exact) mass is 251 g/mol. The molecule has 0 amide bonds. The van der Waals surface area contributed by atoms with Gasteiger partial charge in [0.25, 0.3) is 0 Å². The molecule has 0 spiro atoms. The van der Waals surface area contributed by atoms with Crippen molar-refractivity contribution >= 4 is 9.84 Å². The molecule has 0 aliphatic rings. The summed E-state index contributed by atoms with van der Waals surface area (Å²) in [5, 5.41) is 8.69. The van der Waals surface area contributed by atoms with E-state index in [2.05, 4.69) is 6.58 Å². The standard InChI is InChI=1S/C12H13NO3S/c1-2-6-16-7-8-17(14,15)12-5-3-4-11(9-12)10-13/h2-5,9H,1,6-8H2. The summed E-state index contributed by atoms with van der Waals surface area (Å²) in [5.41, 5.74) is 0.332. The van der Waals surface area contributed by atoms with Crippen LogP contribution in [0, 0.1) is 11.3 Å². The number of sulfone groups is 1. The normalized spacial score (nSPS) is 10.8. The number of nitrogens with zero attached hydrogens (tertiary/aromatic N) is 1. The van der Waals surface area contributed by atoms with Crippen molar-refractivity contribution in [1.82, 2.24) is 0 Å². The quantitative estimate of drug-likeness (QED) is 0.568. The number of ether oxygens (including phenoxy) is 1. The van der Waals surface area contributed by atoms with Gasteiger partial charge in [-0.05, 0) is 18.2 Å². The highest BCUT2D eigenvalue weighted by Gasteiger charge is 2.14. The van der Waals surface area contributed by atoms with E-state index < -0.39 is 9.84 Å². The van der Waals surface area contributed by atoms with Crippen LogP contribution in [0.25, 0.3) is 0 Å². The smallest absolute Gasteiger partial charge is 0.180 e. The first-order valence-corrected chi connectivity index (χ1v) is 6.67. The molecule has 0 bridgehead atoms. The Bertz CT molecular complexity index is 529. The van der Waals surface area contributed by atoms with Crippen LogP contribution in [0.3, 0.4) is 0 Å². The van der Waals surface area contributed by atoms with E-state index in [1.807, 2.05) is 6.07 Å². The fourth-order valence-corrected chi connectivity index (χ4v) is 2.38. The zero-order chi connectivity index (χ0) is 12.7. The van der Waals surface area contributed by atoms with Crippen molar-refractivity contribution in [3.05, 3.63) is 42.5 Å². The number of nitriles is 1. The predicted octanol–water partition coefficient (Wildman–Crippen LogP) is 1.53. The zero-order valence-electron chi connectivity index (χ0n) is 9.30. The Hall–Kier alpha value is -1.64. The Morgan fingerprint density at radius 1 is 1.47 bits per heavy atom. The predicted molar refractivity (Wildman–Crippen MR) is 64.2 cm³/mol. The molecule has 4 nitrogen and oxygen atoms in total. The van der Waals surface area contributed by atoms with Crippen molar-refractivity contribution in [1.29, 1.82) is 5.26 Å². The Morgan fingerprint density at radius 2 is 2.24 bits per heavy atom. The summed E-state index contributed by atoms with van der Waals surface area (Å²) in [6, 6.07) is 7.86. The molecule has 0 radical (unpaired) electrons. The third kappa shape index (κ3) is 4.02. The van der Waals surface area contributed by atoms with E-state index in [-0.39, 0.29) is 17.3 Å². The van der Waals surface area contributed by atoms with Crippen molar-refractivity contribution < 1.29 is 13.2 Å². The second-order valence-corrected chi connectivity index (χ2v) is 5.43. The summed E-state index contributed by atoms with van der Waals surface area (Å²) < 4.78 is 28.7. The largest absolute Gasteiger partial charge is 0.376 e. The minimum atomic E-state index is -3.38. The van der Waals surface area contributed by atoms with Crippen molar-refractivity contribution in [2.45, 2.75) is 4.90 Å². The minimum absolute atomic E-state index is 0.101. The minimum Gasteiger partial charge on any atom is -0.376 e. The van der Waals surface area contributed by atoms with Gasteiger partial charge in [0, 0.05) is 0 Å². The van der Waals surface area contributed by atoms with Crippen LogP contribution in [-0.4, -0.2) is 27.4 Å². The van der Waals surface area contributed by atoms with E-state index >= 15 is 0 Å². The summed E-state index contributed by atoms with van der Waals surface area (Å²) in [7, 11) is -3.38. The van der Waals surface area contributed by atoms with Crippen LogP contribution >= 0.6 is 0 Å². The maximum Gasteiger partial charge on any atom is 0.180 e. The molecule has 1 rings (SSSR count). The molecule has 0 fully saturated rings. The summed E-state index contributed by atoms with van der Waals surface area (Å²) in [6.45, 7) is 3.91. The van der Waals surface area contributed by atoms with E-state index in [1.54, 1.807) is 18.2 Å². The van der Waals surface area contributed by atoms with Crippen LogP contribution in [0.5, 0.6) is 0 Å². The van der Waals surface area contributed by atoms with Gasteiger partial charge in [0.05, 0.1) is 35.5 Å². The lowest BCUT2D eigenvalue weighted by atomic mass is 10.2. The number of benzene rings is 1. The van der Waals surface area contributed by atoms with Crippen LogP contribution in [0.4, 0.5) is 0 Å². The molecule has 0 aromatic heterocycles. The maximum absolute atomic E-state index is 11.8. The highest BCUT2D eigenvalue weighted by molar-refractivity contribution is 7.91. The Morgan fingerprint density at radius 3 is 2.88 bits per heavy atom. The molecule has 0 N–H and O–H groups in total. The van der Waals surface area contributed by atoms with Crippen LogP contribution < -0.4 is 0 Å². The second-order valence-electron chi connectivity index (χ2n) is 3.32. The molecule has 0 saturated carbocycles. The van der Waals surface area contributed by atoms with Gasteiger partial charge in [-0.3, -0.25) is 0 Å². The van der Waals surface area contributed by atoms with Crippen molar-refractivity contribution in [3.8, 4) is 6.07 Å². The van der Waals surface area contributed by atoms with Crippen LogP contribution in [0.15, 0.2) is 41.8 Å². The van der Waals surface area contributed by atoms with Gasteiger partial charge in [0.2, 0.25) is 0 Å². The first-order chi connectivity index (χ1) is 8.10. The summed E-state index contributed by atoms with van der Waals surface area (Å²) >= 11 is 0. The molecule has 5 heteroatoms. The van der Waals surface area contributed by atoms with Gasteiger partial charge in [-0.25, -0.2) is 8.42 Å². The van der Waals surface area contributed by atoms with E-state index in [0.717, 1.165) is 0 Å². The average molecular weight is 251 g/mol. The molecule has 0 heterocycles. The van der Waals surface area contributed by atoms with Gasteiger partial charge in [-0.15, -0.1) is 6.58 Å². The maximum atomic E-state index is 11.8. The van der Waals surface area contributed by atoms with E-state index in [1.165, 1.54) is 12.1 Å². The topological polar surface area (TPSA) is 67.2 Å². The van der Waals surface area contributed by atoms with E-state index in [0.29, 0.717) is 12.2 Å². The Kier molecular flexibility index (Phi) is 4.88. The average Bonchev–Trinajstić information content (AvgIpc) is 2.35. The van der Waals surface area contributed by atoms with Crippen molar-refractivity contribution in [2.24, 2.45) is 0 Å². The van der Waals surface area contributed by atoms with Crippen LogP contribution in [0.1, 0.15) is 5.56 Å². The molecule has 1 aromatic rings. The molecule has 0 saturated heterocycles. The lowest BCUT2D eigenvalue weighted by Crippen LogP contribution is -2.12. The zero-order valence-corrected chi connectivity index (χ0v) is 10.1. The summed E-state index contributed by atoms with van der Waals surface area (Å²) in [6.07, 6.45) is 1.56.